The Kier molecular flexibility index (Phi) is 5.34. The topological polar surface area (TPSA) is 71.8 Å². The van der Waals surface area contributed by atoms with E-state index < -0.39 is 0 Å². The van der Waals surface area contributed by atoms with Crippen LogP contribution in [0, 0.1) is 0 Å². The molecule has 3 rings (SSSR count). The van der Waals surface area contributed by atoms with Crippen LogP contribution in [0.15, 0.2) is 18.3 Å². The van der Waals surface area contributed by atoms with Gasteiger partial charge in [0.25, 0.3) is 5.91 Å². The Morgan fingerprint density at radius 3 is 2.88 bits per heavy atom. The highest BCUT2D eigenvalue weighted by molar-refractivity contribution is 5.94. The van der Waals surface area contributed by atoms with Crippen LogP contribution in [0.4, 0.5) is 0 Å². The van der Waals surface area contributed by atoms with Gasteiger partial charge in [-0.25, -0.2) is 0 Å². The lowest BCUT2D eigenvalue weighted by atomic mass is 9.96. The van der Waals surface area contributed by atoms with Gasteiger partial charge in [0.15, 0.2) is 5.65 Å². The van der Waals surface area contributed by atoms with Crippen LogP contribution >= 0.6 is 0 Å². The highest BCUT2D eigenvalue weighted by atomic mass is 16.5. The standard InChI is InChI=1S/C18H27N5O2/c1-18(2,3)17-21-20-15-6-5-14(13-23(15)17)16(24)19-7-9-22-8-4-11-25-12-10-22/h5-6,13H,4,7-12H2,1-3H3,(H,19,24). The van der Waals surface area contributed by atoms with Crippen molar-refractivity contribution in [2.45, 2.75) is 32.6 Å². The summed E-state index contributed by atoms with van der Waals surface area (Å²) in [6.45, 7) is 11.3. The predicted molar refractivity (Wildman–Crippen MR) is 95.9 cm³/mol. The van der Waals surface area contributed by atoms with Crippen LogP contribution < -0.4 is 5.32 Å². The summed E-state index contributed by atoms with van der Waals surface area (Å²) in [5.74, 6) is 0.781. The van der Waals surface area contributed by atoms with Gasteiger partial charge >= 0.3 is 0 Å². The summed E-state index contributed by atoms with van der Waals surface area (Å²) in [7, 11) is 0. The molecule has 1 saturated heterocycles. The lowest BCUT2D eigenvalue weighted by Gasteiger charge is -2.19. The van der Waals surface area contributed by atoms with Crippen LogP contribution in [-0.2, 0) is 10.2 Å². The molecule has 0 atom stereocenters. The first kappa shape index (κ1) is 17.8. The second kappa shape index (κ2) is 7.49. The number of carbonyl (C=O) groups excluding carboxylic acids is 1. The van der Waals surface area contributed by atoms with Gasteiger partial charge in [-0.2, -0.15) is 0 Å². The van der Waals surface area contributed by atoms with Gasteiger partial charge in [-0.1, -0.05) is 20.8 Å². The van der Waals surface area contributed by atoms with Crippen molar-refractivity contribution in [2.24, 2.45) is 0 Å². The van der Waals surface area contributed by atoms with E-state index in [1.54, 1.807) is 6.07 Å². The minimum Gasteiger partial charge on any atom is -0.380 e. The summed E-state index contributed by atoms with van der Waals surface area (Å²) in [4.78, 5) is 14.8. The average Bonchev–Trinajstić information content (AvgIpc) is 2.83. The third-order valence-corrected chi connectivity index (χ3v) is 4.36. The number of nitrogens with one attached hydrogen (secondary N) is 1. The minimum absolute atomic E-state index is 0.0680. The number of amides is 1. The maximum atomic E-state index is 12.5. The number of fused-ring (bicyclic) bond motifs is 1. The van der Waals surface area contributed by atoms with E-state index in [-0.39, 0.29) is 11.3 Å². The fraction of sp³-hybridized carbons (Fsp3) is 0.611. The number of ether oxygens (including phenoxy) is 1. The molecule has 1 aliphatic rings. The van der Waals surface area contributed by atoms with Crippen molar-refractivity contribution in [1.82, 2.24) is 24.8 Å². The van der Waals surface area contributed by atoms with Crippen molar-refractivity contribution >= 4 is 11.6 Å². The van der Waals surface area contributed by atoms with E-state index in [1.807, 2.05) is 16.7 Å². The van der Waals surface area contributed by atoms with Gasteiger partial charge in [0.2, 0.25) is 0 Å². The summed E-state index contributed by atoms with van der Waals surface area (Å²) in [5.41, 5.74) is 1.24. The van der Waals surface area contributed by atoms with Gasteiger partial charge in [-0.15, -0.1) is 10.2 Å². The number of hydrogen-bond donors (Lipinski definition) is 1. The molecule has 2 aromatic rings. The summed E-state index contributed by atoms with van der Waals surface area (Å²) in [6, 6.07) is 3.63. The normalized spacial score (nSPS) is 16.8. The Balaban J connectivity index is 1.63. The average molecular weight is 345 g/mol. The molecular weight excluding hydrogens is 318 g/mol. The largest absolute Gasteiger partial charge is 0.380 e. The van der Waals surface area contributed by atoms with E-state index in [2.05, 4.69) is 41.2 Å². The van der Waals surface area contributed by atoms with Crippen LogP contribution in [0.2, 0.25) is 0 Å². The fourth-order valence-electron chi connectivity index (χ4n) is 2.99. The highest BCUT2D eigenvalue weighted by Crippen LogP contribution is 2.21. The molecular formula is C18H27N5O2. The van der Waals surface area contributed by atoms with Gasteiger partial charge in [-0.3, -0.25) is 14.1 Å². The molecule has 1 amide bonds. The molecule has 2 aromatic heterocycles. The monoisotopic (exact) mass is 345 g/mol. The van der Waals surface area contributed by atoms with Crippen LogP contribution in [-0.4, -0.2) is 64.8 Å². The smallest absolute Gasteiger partial charge is 0.252 e. The molecule has 0 radical (unpaired) electrons. The van der Waals surface area contributed by atoms with Gasteiger partial charge < -0.3 is 10.1 Å². The number of hydrogen-bond acceptors (Lipinski definition) is 5. The summed E-state index contributed by atoms with van der Waals surface area (Å²) in [5, 5.41) is 11.4. The Morgan fingerprint density at radius 2 is 2.08 bits per heavy atom. The first-order valence-electron chi connectivity index (χ1n) is 8.89. The molecule has 1 fully saturated rings. The molecule has 7 heteroatoms. The maximum Gasteiger partial charge on any atom is 0.252 e. The van der Waals surface area contributed by atoms with Crippen molar-refractivity contribution in [3.05, 3.63) is 29.7 Å². The highest BCUT2D eigenvalue weighted by Gasteiger charge is 2.21. The third kappa shape index (κ3) is 4.35. The molecule has 1 N–H and O–H groups in total. The van der Waals surface area contributed by atoms with E-state index >= 15 is 0 Å². The molecule has 0 aromatic carbocycles. The van der Waals surface area contributed by atoms with E-state index in [0.717, 1.165) is 50.7 Å². The number of pyridine rings is 1. The molecule has 1 aliphatic heterocycles. The van der Waals surface area contributed by atoms with Crippen LogP contribution in [0.25, 0.3) is 5.65 Å². The Hall–Kier alpha value is -1.99. The lowest BCUT2D eigenvalue weighted by Crippen LogP contribution is -2.36. The molecule has 0 bridgehead atoms. The lowest BCUT2D eigenvalue weighted by molar-refractivity contribution is 0.0947. The molecule has 0 aliphatic carbocycles. The number of aromatic nitrogens is 3. The number of carbonyl (C=O) groups is 1. The van der Waals surface area contributed by atoms with Crippen molar-refractivity contribution in [1.29, 1.82) is 0 Å². The maximum absolute atomic E-state index is 12.5. The van der Waals surface area contributed by atoms with Gasteiger partial charge in [0, 0.05) is 44.4 Å². The van der Waals surface area contributed by atoms with E-state index in [1.165, 1.54) is 0 Å². The van der Waals surface area contributed by atoms with Crippen LogP contribution in [0.1, 0.15) is 43.4 Å². The Morgan fingerprint density at radius 1 is 1.24 bits per heavy atom. The third-order valence-electron chi connectivity index (χ3n) is 4.36. The van der Waals surface area contributed by atoms with Crippen LogP contribution in [0.5, 0.6) is 0 Å². The van der Waals surface area contributed by atoms with E-state index in [9.17, 15) is 4.79 Å². The minimum atomic E-state index is -0.136. The molecule has 0 unspecified atom stereocenters. The Bertz CT molecular complexity index is 727. The second-order valence-electron chi connectivity index (χ2n) is 7.48. The van der Waals surface area contributed by atoms with Gasteiger partial charge in [0.1, 0.15) is 5.82 Å². The molecule has 0 spiro atoms. The van der Waals surface area contributed by atoms with Crippen molar-refractivity contribution in [3.8, 4) is 0 Å². The van der Waals surface area contributed by atoms with Crippen molar-refractivity contribution in [3.63, 3.8) is 0 Å². The first-order chi connectivity index (χ1) is 11.9. The van der Waals surface area contributed by atoms with Crippen LogP contribution in [0.3, 0.4) is 0 Å². The fourth-order valence-corrected chi connectivity index (χ4v) is 2.99. The first-order valence-corrected chi connectivity index (χ1v) is 8.89. The van der Waals surface area contributed by atoms with E-state index in [0.29, 0.717) is 12.1 Å². The molecule has 25 heavy (non-hydrogen) atoms. The quantitative estimate of drug-likeness (QED) is 0.909. The zero-order valence-corrected chi connectivity index (χ0v) is 15.3. The van der Waals surface area contributed by atoms with E-state index in [4.69, 9.17) is 4.74 Å². The molecule has 7 nitrogen and oxygen atoms in total. The summed E-state index contributed by atoms with van der Waals surface area (Å²) in [6.07, 6.45) is 2.87. The SMILES string of the molecule is CC(C)(C)c1nnc2ccc(C(=O)NCCN3CCCOCC3)cn12. The second-order valence-corrected chi connectivity index (χ2v) is 7.48. The summed E-state index contributed by atoms with van der Waals surface area (Å²) < 4.78 is 7.35. The number of rotatable bonds is 4. The summed E-state index contributed by atoms with van der Waals surface area (Å²) >= 11 is 0. The molecule has 0 saturated carbocycles. The molecule has 136 valence electrons. The van der Waals surface area contributed by atoms with Gasteiger partial charge in [-0.05, 0) is 18.6 Å². The zero-order valence-electron chi connectivity index (χ0n) is 15.3. The predicted octanol–water partition coefficient (Wildman–Crippen LogP) is 1.48. The molecule has 3 heterocycles. The zero-order chi connectivity index (χ0) is 17.9. The number of nitrogens with zero attached hydrogens (tertiary/aromatic N) is 4. The van der Waals surface area contributed by atoms with Crippen molar-refractivity contribution < 1.29 is 9.53 Å². The Labute approximate surface area is 148 Å². The van der Waals surface area contributed by atoms with Crippen molar-refractivity contribution in [2.75, 3.05) is 39.4 Å². The van der Waals surface area contributed by atoms with Gasteiger partial charge in [0.05, 0.1) is 12.2 Å².